The van der Waals surface area contributed by atoms with Crippen LogP contribution in [0.5, 0.6) is 0 Å². The predicted octanol–water partition coefficient (Wildman–Crippen LogP) is 4.31. The van der Waals surface area contributed by atoms with Crippen LogP contribution in [0.2, 0.25) is 5.02 Å². The van der Waals surface area contributed by atoms with Crippen LogP contribution < -0.4 is 10.2 Å². The Morgan fingerprint density at radius 2 is 1.73 bits per heavy atom. The maximum absolute atomic E-state index is 13.0. The van der Waals surface area contributed by atoms with Crippen molar-refractivity contribution in [2.45, 2.75) is 6.92 Å². The van der Waals surface area contributed by atoms with Gasteiger partial charge in [0.1, 0.15) is 17.5 Å². The lowest BCUT2D eigenvalue weighted by molar-refractivity contribution is -0.114. The summed E-state index contributed by atoms with van der Waals surface area (Å²) < 4.78 is 1.87. The molecule has 0 spiro atoms. The van der Waals surface area contributed by atoms with Gasteiger partial charge in [0.05, 0.1) is 11.7 Å². The summed E-state index contributed by atoms with van der Waals surface area (Å²) in [5.74, 6) is -0.372. The summed E-state index contributed by atoms with van der Waals surface area (Å²) in [7, 11) is 1.69. The summed E-state index contributed by atoms with van der Waals surface area (Å²) in [4.78, 5) is 34.3. The molecule has 4 rings (SSSR count). The topological polar surface area (TPSA) is 80.1 Å². The second-order valence-corrected chi connectivity index (χ2v) is 7.18. The average Bonchev–Trinajstić information content (AvgIpc) is 3.16. The maximum Gasteiger partial charge on any atom is 0.276 e. The second-order valence-electron chi connectivity index (χ2n) is 6.74. The van der Waals surface area contributed by atoms with Gasteiger partial charge in [0.25, 0.3) is 5.91 Å². The number of imidazole rings is 1. The first-order valence-corrected chi connectivity index (χ1v) is 9.55. The number of pyridine rings is 1. The van der Waals surface area contributed by atoms with E-state index in [-0.39, 0.29) is 11.8 Å². The highest BCUT2D eigenvalue weighted by Gasteiger charge is 2.17. The van der Waals surface area contributed by atoms with Crippen molar-refractivity contribution >= 4 is 45.8 Å². The Bertz CT molecular complexity index is 1230. The van der Waals surface area contributed by atoms with Crippen molar-refractivity contribution in [2.75, 3.05) is 17.3 Å². The predicted molar refractivity (Wildman–Crippen MR) is 117 cm³/mol. The number of aromatic nitrogens is 3. The molecule has 4 aromatic rings. The zero-order valence-corrected chi connectivity index (χ0v) is 17.1. The summed E-state index contributed by atoms with van der Waals surface area (Å²) in [6.07, 6.45) is 3.26. The number of nitrogens with zero attached hydrogens (tertiary/aromatic N) is 4. The molecule has 2 aromatic carbocycles. The van der Waals surface area contributed by atoms with Gasteiger partial charge in [-0.3, -0.25) is 14.2 Å². The van der Waals surface area contributed by atoms with E-state index in [1.165, 1.54) is 11.8 Å². The Morgan fingerprint density at radius 1 is 1.03 bits per heavy atom. The van der Waals surface area contributed by atoms with E-state index in [4.69, 9.17) is 11.6 Å². The van der Waals surface area contributed by atoms with Gasteiger partial charge in [-0.1, -0.05) is 11.6 Å². The molecule has 7 nitrogen and oxygen atoms in total. The van der Waals surface area contributed by atoms with E-state index in [0.29, 0.717) is 27.6 Å². The Morgan fingerprint density at radius 3 is 2.40 bits per heavy atom. The summed E-state index contributed by atoms with van der Waals surface area (Å²) in [6.45, 7) is 1.46. The van der Waals surface area contributed by atoms with E-state index in [0.717, 1.165) is 11.2 Å². The number of carbonyl (C=O) groups is 2. The van der Waals surface area contributed by atoms with E-state index in [1.807, 2.05) is 28.8 Å². The molecule has 8 heteroatoms. The van der Waals surface area contributed by atoms with Gasteiger partial charge < -0.3 is 10.2 Å². The lowest BCUT2D eigenvalue weighted by atomic mass is 10.2. The van der Waals surface area contributed by atoms with Gasteiger partial charge in [-0.25, -0.2) is 9.97 Å². The number of anilines is 2. The summed E-state index contributed by atoms with van der Waals surface area (Å²) in [6, 6.07) is 16.1. The number of hydrogen-bond acceptors (Lipinski definition) is 4. The lowest BCUT2D eigenvalue weighted by Gasteiger charge is -2.17. The van der Waals surface area contributed by atoms with E-state index < -0.39 is 0 Å². The first-order valence-electron chi connectivity index (χ1n) is 9.17. The molecule has 2 aromatic heterocycles. The van der Waals surface area contributed by atoms with E-state index in [1.54, 1.807) is 49.9 Å². The zero-order valence-electron chi connectivity index (χ0n) is 16.3. The molecule has 0 saturated carbocycles. The number of amides is 2. The van der Waals surface area contributed by atoms with Gasteiger partial charge >= 0.3 is 0 Å². The molecule has 1 N–H and O–H groups in total. The lowest BCUT2D eigenvalue weighted by Crippen LogP contribution is -2.27. The number of rotatable bonds is 4. The monoisotopic (exact) mass is 419 g/mol. The smallest absolute Gasteiger partial charge is 0.276 e. The summed E-state index contributed by atoms with van der Waals surface area (Å²) >= 11 is 5.93. The fourth-order valence-electron chi connectivity index (χ4n) is 3.10. The Kier molecular flexibility index (Phi) is 5.20. The molecule has 2 heterocycles. The quantitative estimate of drug-likeness (QED) is 0.534. The number of fused-ring (bicyclic) bond motifs is 1. The number of carbonyl (C=O) groups excluding carboxylic acids is 2. The molecule has 0 bridgehead atoms. The molecule has 0 aliphatic carbocycles. The number of halogens is 1. The van der Waals surface area contributed by atoms with Crippen molar-refractivity contribution in [3.8, 4) is 5.69 Å². The molecular weight excluding hydrogens is 402 g/mol. The van der Waals surface area contributed by atoms with Crippen LogP contribution in [0.25, 0.3) is 16.7 Å². The second kappa shape index (κ2) is 7.96. The summed E-state index contributed by atoms with van der Waals surface area (Å²) in [5.41, 5.74) is 4.00. The average molecular weight is 420 g/mol. The molecule has 0 aliphatic heterocycles. The molecular formula is C22H18ClN5O2. The van der Waals surface area contributed by atoms with Crippen LogP contribution in [0.4, 0.5) is 11.4 Å². The van der Waals surface area contributed by atoms with Crippen molar-refractivity contribution in [1.82, 2.24) is 14.5 Å². The van der Waals surface area contributed by atoms with Crippen LogP contribution in [0.1, 0.15) is 17.4 Å². The SMILES string of the molecule is CC(=O)Nc1ccc(-n2cnc3cnc(C(=O)N(C)c4ccc(Cl)cc4)cc32)cc1. The molecule has 0 radical (unpaired) electrons. The van der Waals surface area contributed by atoms with Gasteiger partial charge in [0.15, 0.2) is 0 Å². The number of hydrogen-bond donors (Lipinski definition) is 1. The minimum absolute atomic E-state index is 0.130. The minimum atomic E-state index is -0.243. The number of nitrogens with one attached hydrogen (secondary N) is 1. The molecule has 150 valence electrons. The first-order chi connectivity index (χ1) is 14.4. The third-order valence-corrected chi connectivity index (χ3v) is 4.89. The Balaban J connectivity index is 1.66. The van der Waals surface area contributed by atoms with Gasteiger partial charge in [-0.2, -0.15) is 0 Å². The molecule has 30 heavy (non-hydrogen) atoms. The van der Waals surface area contributed by atoms with Gasteiger partial charge in [0, 0.05) is 36.1 Å². The molecule has 2 amide bonds. The molecule has 0 atom stereocenters. The van der Waals surface area contributed by atoms with Gasteiger partial charge in [-0.15, -0.1) is 0 Å². The number of benzene rings is 2. The van der Waals surface area contributed by atoms with Crippen molar-refractivity contribution in [1.29, 1.82) is 0 Å². The maximum atomic E-state index is 13.0. The molecule has 0 aliphatic rings. The summed E-state index contributed by atoms with van der Waals surface area (Å²) in [5, 5.41) is 3.34. The molecule has 0 fully saturated rings. The first kappa shape index (κ1) is 19.6. The zero-order chi connectivity index (χ0) is 21.3. The normalized spacial score (nSPS) is 10.8. The van der Waals surface area contributed by atoms with Crippen LogP contribution in [0.15, 0.2) is 67.1 Å². The standard InChI is InChI=1S/C22H18ClN5O2/c1-14(29)26-16-5-9-18(10-6-16)28-13-25-20-12-24-19(11-21(20)28)22(30)27(2)17-7-3-15(23)4-8-17/h3-13H,1-2H3,(H,26,29). The van der Waals surface area contributed by atoms with Gasteiger partial charge in [-0.05, 0) is 54.6 Å². The van der Waals surface area contributed by atoms with Crippen LogP contribution in [-0.2, 0) is 4.79 Å². The van der Waals surface area contributed by atoms with Crippen LogP contribution in [0, 0.1) is 0 Å². The van der Waals surface area contributed by atoms with E-state index >= 15 is 0 Å². The largest absolute Gasteiger partial charge is 0.326 e. The van der Waals surface area contributed by atoms with Crippen molar-refractivity contribution in [3.05, 3.63) is 77.8 Å². The Labute approximate surface area is 177 Å². The van der Waals surface area contributed by atoms with Crippen LogP contribution in [0.3, 0.4) is 0 Å². The molecule has 0 unspecified atom stereocenters. The highest BCUT2D eigenvalue weighted by Crippen LogP contribution is 2.22. The van der Waals surface area contributed by atoms with Gasteiger partial charge in [0.2, 0.25) is 5.91 Å². The fraction of sp³-hybridized carbons (Fsp3) is 0.0909. The van der Waals surface area contributed by atoms with E-state index in [9.17, 15) is 9.59 Å². The van der Waals surface area contributed by atoms with E-state index in [2.05, 4.69) is 15.3 Å². The third-order valence-electron chi connectivity index (χ3n) is 4.64. The highest BCUT2D eigenvalue weighted by atomic mass is 35.5. The minimum Gasteiger partial charge on any atom is -0.326 e. The Hall–Kier alpha value is -3.71. The third kappa shape index (κ3) is 3.88. The van der Waals surface area contributed by atoms with Crippen molar-refractivity contribution < 1.29 is 9.59 Å². The molecule has 0 saturated heterocycles. The fourth-order valence-corrected chi connectivity index (χ4v) is 3.22. The van der Waals surface area contributed by atoms with Crippen molar-refractivity contribution in [3.63, 3.8) is 0 Å². The highest BCUT2D eigenvalue weighted by molar-refractivity contribution is 6.30. The van der Waals surface area contributed by atoms with Crippen LogP contribution in [-0.4, -0.2) is 33.4 Å². The van der Waals surface area contributed by atoms with Crippen LogP contribution >= 0.6 is 11.6 Å². The van der Waals surface area contributed by atoms with Crippen molar-refractivity contribution in [2.24, 2.45) is 0 Å².